The van der Waals surface area contributed by atoms with Gasteiger partial charge in [-0.3, -0.25) is 19.2 Å². The van der Waals surface area contributed by atoms with E-state index in [2.05, 4.69) is 0 Å². The molecule has 0 aromatic carbocycles. The lowest BCUT2D eigenvalue weighted by atomic mass is 9.50. The lowest BCUT2D eigenvalue weighted by Crippen LogP contribution is -2.50. The van der Waals surface area contributed by atoms with E-state index in [-0.39, 0.29) is 25.7 Å². The molecule has 2 bridgehead atoms. The molecule has 3 aliphatic rings. The lowest BCUT2D eigenvalue weighted by Gasteiger charge is -2.53. The predicted octanol–water partition coefficient (Wildman–Crippen LogP) is 1.17. The monoisotopic (exact) mass is 340 g/mol. The maximum Gasteiger partial charge on any atom is 0.303 e. The van der Waals surface area contributed by atoms with E-state index >= 15 is 0 Å². The highest BCUT2D eigenvalue weighted by Crippen LogP contribution is 2.55. The Bertz CT molecular complexity index is 487. The Morgan fingerprint density at radius 1 is 0.542 bits per heavy atom. The standard InChI is InChI=1S/C16H20O8/c17-13(18)3-9-7-1-2-8(11(9)5-15(21)22)12(6-16(23)24)10(7)4-14(19)20/h1-2,7-12H,3-6H2,(H,17,18)(H,19,20)(H,21,22)(H,23,24)/t7?,8?,9-,10-,11+,12+. The summed E-state index contributed by atoms with van der Waals surface area (Å²) in [5.41, 5.74) is 0. The molecule has 132 valence electrons. The zero-order chi connectivity index (χ0) is 18.0. The Hall–Kier alpha value is -2.38. The van der Waals surface area contributed by atoms with Crippen LogP contribution in [0.1, 0.15) is 25.7 Å². The lowest BCUT2D eigenvalue weighted by molar-refractivity contribution is -0.151. The summed E-state index contributed by atoms with van der Waals surface area (Å²) in [5, 5.41) is 36.6. The number of carboxylic acids is 4. The Morgan fingerprint density at radius 2 is 0.750 bits per heavy atom. The molecule has 0 heterocycles. The van der Waals surface area contributed by atoms with Gasteiger partial charge in [0.25, 0.3) is 0 Å². The Labute approximate surface area is 137 Å². The van der Waals surface area contributed by atoms with Crippen LogP contribution >= 0.6 is 0 Å². The highest BCUT2D eigenvalue weighted by Gasteiger charge is 2.53. The van der Waals surface area contributed by atoms with Crippen LogP contribution in [0.5, 0.6) is 0 Å². The van der Waals surface area contributed by atoms with E-state index in [1.807, 2.05) is 0 Å². The van der Waals surface area contributed by atoms with Gasteiger partial charge in [-0.15, -0.1) is 0 Å². The quantitative estimate of drug-likeness (QED) is 0.481. The fraction of sp³-hybridized carbons (Fsp3) is 0.625. The van der Waals surface area contributed by atoms with Crippen LogP contribution in [0, 0.1) is 35.5 Å². The van der Waals surface area contributed by atoms with Crippen molar-refractivity contribution in [3.8, 4) is 0 Å². The van der Waals surface area contributed by atoms with Crippen molar-refractivity contribution in [3.63, 3.8) is 0 Å². The molecule has 24 heavy (non-hydrogen) atoms. The molecule has 0 spiro atoms. The highest BCUT2D eigenvalue weighted by molar-refractivity contribution is 5.71. The topological polar surface area (TPSA) is 149 Å². The molecule has 4 atom stereocenters. The summed E-state index contributed by atoms with van der Waals surface area (Å²) in [5.74, 6) is -7.13. The SMILES string of the molecule is O=C(O)C[C@@H]1C2C=CC([C@@H]1CC(=O)O)[C@H](CC(=O)O)[C@@H]2CC(=O)O. The van der Waals surface area contributed by atoms with E-state index in [4.69, 9.17) is 20.4 Å². The van der Waals surface area contributed by atoms with Gasteiger partial charge < -0.3 is 20.4 Å². The van der Waals surface area contributed by atoms with Crippen molar-refractivity contribution in [1.29, 1.82) is 0 Å². The number of fused-ring (bicyclic) bond motifs is 2. The third kappa shape index (κ3) is 3.74. The van der Waals surface area contributed by atoms with Crippen molar-refractivity contribution in [3.05, 3.63) is 12.2 Å². The Kier molecular flexibility index (Phi) is 5.26. The molecule has 4 N–H and O–H groups in total. The van der Waals surface area contributed by atoms with Crippen molar-refractivity contribution < 1.29 is 39.6 Å². The van der Waals surface area contributed by atoms with Crippen molar-refractivity contribution in [2.24, 2.45) is 35.5 Å². The summed E-state index contributed by atoms with van der Waals surface area (Å²) in [6.45, 7) is 0. The molecule has 8 nitrogen and oxygen atoms in total. The number of rotatable bonds is 8. The largest absolute Gasteiger partial charge is 0.481 e. The summed E-state index contributed by atoms with van der Waals surface area (Å²) in [7, 11) is 0. The minimum atomic E-state index is -1.07. The van der Waals surface area contributed by atoms with Crippen LogP contribution in [0.4, 0.5) is 0 Å². The van der Waals surface area contributed by atoms with Crippen molar-refractivity contribution in [1.82, 2.24) is 0 Å². The van der Waals surface area contributed by atoms with Gasteiger partial charge in [-0.25, -0.2) is 0 Å². The van der Waals surface area contributed by atoms with E-state index in [0.29, 0.717) is 0 Å². The van der Waals surface area contributed by atoms with E-state index in [9.17, 15) is 19.2 Å². The van der Waals surface area contributed by atoms with Gasteiger partial charge in [-0.2, -0.15) is 0 Å². The number of carbonyl (C=O) groups is 4. The molecule has 8 heteroatoms. The number of carboxylic acid groups (broad SMARTS) is 4. The van der Waals surface area contributed by atoms with E-state index in [1.54, 1.807) is 12.2 Å². The second-order valence-corrected chi connectivity index (χ2v) is 6.59. The minimum Gasteiger partial charge on any atom is -0.481 e. The fourth-order valence-electron chi connectivity index (χ4n) is 4.56. The zero-order valence-corrected chi connectivity index (χ0v) is 12.9. The molecule has 0 amide bonds. The first kappa shape index (κ1) is 18.0. The molecule has 0 aliphatic heterocycles. The number of allylic oxidation sites excluding steroid dienone is 2. The van der Waals surface area contributed by atoms with Crippen LogP contribution in [-0.4, -0.2) is 44.3 Å². The normalized spacial score (nSPS) is 34.0. The minimum absolute atomic E-state index is 0.251. The molecule has 1 fully saturated rings. The first-order chi connectivity index (χ1) is 11.2. The third-order valence-electron chi connectivity index (χ3n) is 5.27. The van der Waals surface area contributed by atoms with Crippen molar-refractivity contribution in [2.75, 3.05) is 0 Å². The van der Waals surface area contributed by atoms with Crippen LogP contribution in [-0.2, 0) is 19.2 Å². The average molecular weight is 340 g/mol. The third-order valence-corrected chi connectivity index (χ3v) is 5.27. The van der Waals surface area contributed by atoms with Crippen molar-refractivity contribution >= 4 is 23.9 Å². The summed E-state index contributed by atoms with van der Waals surface area (Å²) in [6, 6.07) is 0. The molecular formula is C16H20O8. The van der Waals surface area contributed by atoms with Gasteiger partial charge in [-0.05, 0) is 35.5 Å². The van der Waals surface area contributed by atoms with Gasteiger partial charge in [0, 0.05) is 25.7 Å². The van der Waals surface area contributed by atoms with Crippen LogP contribution in [0.3, 0.4) is 0 Å². The fourth-order valence-corrected chi connectivity index (χ4v) is 4.56. The van der Waals surface area contributed by atoms with Crippen molar-refractivity contribution in [2.45, 2.75) is 25.7 Å². The zero-order valence-electron chi connectivity index (χ0n) is 12.9. The van der Waals surface area contributed by atoms with Crippen LogP contribution < -0.4 is 0 Å². The number of hydrogen-bond acceptors (Lipinski definition) is 4. The van der Waals surface area contributed by atoms with E-state index in [1.165, 1.54) is 0 Å². The Morgan fingerprint density at radius 3 is 0.917 bits per heavy atom. The number of hydrogen-bond donors (Lipinski definition) is 4. The first-order valence-electron chi connectivity index (χ1n) is 7.76. The molecule has 0 aromatic rings. The molecule has 1 saturated carbocycles. The molecule has 0 saturated heterocycles. The average Bonchev–Trinajstić information content (AvgIpc) is 2.42. The number of aliphatic carboxylic acids is 4. The molecular weight excluding hydrogens is 320 g/mol. The maximum absolute atomic E-state index is 11.2. The highest BCUT2D eigenvalue weighted by atomic mass is 16.4. The van der Waals surface area contributed by atoms with Gasteiger partial charge in [0.2, 0.25) is 0 Å². The van der Waals surface area contributed by atoms with Gasteiger partial charge >= 0.3 is 23.9 Å². The molecule has 3 aliphatic carbocycles. The molecule has 3 rings (SSSR count). The maximum atomic E-state index is 11.2. The summed E-state index contributed by atoms with van der Waals surface area (Å²) >= 11 is 0. The first-order valence-corrected chi connectivity index (χ1v) is 7.76. The summed E-state index contributed by atoms with van der Waals surface area (Å²) < 4.78 is 0. The predicted molar refractivity (Wildman–Crippen MR) is 79.1 cm³/mol. The van der Waals surface area contributed by atoms with Gasteiger partial charge in [-0.1, -0.05) is 12.2 Å². The Balaban J connectivity index is 2.39. The van der Waals surface area contributed by atoms with Gasteiger partial charge in [0.05, 0.1) is 0 Å². The summed E-state index contributed by atoms with van der Waals surface area (Å²) in [6.07, 6.45) is 2.50. The smallest absolute Gasteiger partial charge is 0.303 e. The van der Waals surface area contributed by atoms with Crippen LogP contribution in [0.15, 0.2) is 12.2 Å². The molecule has 0 unspecified atom stereocenters. The van der Waals surface area contributed by atoms with Crippen LogP contribution in [0.2, 0.25) is 0 Å². The molecule has 0 aromatic heterocycles. The van der Waals surface area contributed by atoms with E-state index in [0.717, 1.165) is 0 Å². The van der Waals surface area contributed by atoms with Gasteiger partial charge in [0.1, 0.15) is 0 Å². The summed E-state index contributed by atoms with van der Waals surface area (Å²) in [4.78, 5) is 44.7. The molecule has 0 radical (unpaired) electrons. The van der Waals surface area contributed by atoms with E-state index < -0.39 is 59.4 Å². The van der Waals surface area contributed by atoms with Crippen LogP contribution in [0.25, 0.3) is 0 Å². The van der Waals surface area contributed by atoms with Gasteiger partial charge in [0.15, 0.2) is 0 Å². The second kappa shape index (κ2) is 7.02. The second-order valence-electron chi connectivity index (χ2n) is 6.59.